The van der Waals surface area contributed by atoms with Crippen LogP contribution in [0, 0.1) is 17.8 Å². The molecule has 15 rings (SSSR count). The first-order chi connectivity index (χ1) is 55.7. The molecule has 6 aromatic rings. The second-order valence-electron chi connectivity index (χ2n) is 32.0. The monoisotopic (exact) mass is 1700 g/mol. The van der Waals surface area contributed by atoms with E-state index in [0.29, 0.717) is 118 Å². The molecule has 115 heavy (non-hydrogen) atoms. The number of hydrogen-bond acceptors (Lipinski definition) is 19. The predicted molar refractivity (Wildman–Crippen MR) is 461 cm³/mol. The van der Waals surface area contributed by atoms with Crippen molar-refractivity contribution in [1.29, 1.82) is 0 Å². The van der Waals surface area contributed by atoms with Crippen LogP contribution in [-0.2, 0) is 14.4 Å². The number of likely N-dealkylation sites (tertiary alicyclic amines) is 6. The number of nitrogens with zero attached hydrogens (tertiary/aromatic N) is 9. The maximum absolute atomic E-state index is 13.4. The van der Waals surface area contributed by atoms with E-state index in [1.807, 2.05) is 109 Å². The fourth-order valence-corrected chi connectivity index (χ4v) is 17.4. The number of carboxylic acid groups (broad SMARTS) is 1. The molecule has 0 saturated carbocycles. The normalized spacial score (nSPS) is 21.5. The van der Waals surface area contributed by atoms with E-state index in [9.17, 15) is 29.7 Å². The minimum atomic E-state index is -0.874. The standard InChI is InChI=1S/2C29H38Cl2N4O3.C18H28ClN3O2.C11H12ClNO2/c2*30-23-5-7-24(8-6-23)35-15-10-22(19-35)29(37)32-26(20-34-11-1-2-12-34)28(36)21-4-9-27(25(31)18-21)38-17-16-33-13-3-14-33;19-15-12-14(18(23)16(20)13-22-6-1-2-7-22)4-5-17(15)24-11-10-21-8-3-9-21;12-9-1-3-10(4-2-9)13-6-5-8(7-13)11(14)15/h2*4-9,18,22,26,28,36H,1-3,10-17,19-20H2,(H,32,37);4-5,12,16,18,23H,1-3,6-11,13,20H2;1-4,8H,5-7H2,(H,14,15)/t22-,26+,28+;22-,26-,28-;16-,18?;8-/m0111/s1. The van der Waals surface area contributed by atoms with E-state index in [-0.39, 0.29) is 35.6 Å². The Morgan fingerprint density at radius 1 is 0.374 bits per heavy atom. The smallest absolute Gasteiger partial charge is 0.308 e. The second kappa shape index (κ2) is 44.2. The van der Waals surface area contributed by atoms with Crippen molar-refractivity contribution in [3.05, 3.63) is 174 Å². The number of carbonyl (C=O) groups is 3. The van der Waals surface area contributed by atoms with Gasteiger partial charge in [0.1, 0.15) is 49.3 Å². The number of carboxylic acids is 1. The van der Waals surface area contributed by atoms with Crippen LogP contribution in [0.3, 0.4) is 0 Å². The number of aliphatic hydroxyl groups excluding tert-OH is 3. The quantitative estimate of drug-likeness (QED) is 0.0208. The summed E-state index contributed by atoms with van der Waals surface area (Å²) in [5.41, 5.74) is 11.5. The van der Waals surface area contributed by atoms with Crippen molar-refractivity contribution in [3.8, 4) is 17.2 Å². The van der Waals surface area contributed by atoms with Crippen LogP contribution in [0.5, 0.6) is 17.2 Å². The van der Waals surface area contributed by atoms with Crippen LogP contribution < -0.4 is 45.3 Å². The van der Waals surface area contributed by atoms with E-state index in [4.69, 9.17) is 94.7 Å². The van der Waals surface area contributed by atoms with Crippen molar-refractivity contribution in [2.45, 2.75) is 113 Å². The van der Waals surface area contributed by atoms with E-state index < -0.39 is 36.4 Å². The Morgan fingerprint density at radius 3 is 0.948 bits per heavy atom. The Morgan fingerprint density at radius 2 is 0.661 bits per heavy atom. The van der Waals surface area contributed by atoms with Crippen molar-refractivity contribution in [3.63, 3.8) is 0 Å². The third-order valence-electron chi connectivity index (χ3n) is 23.8. The topological polar surface area (TPSA) is 239 Å². The fraction of sp³-hybridized carbons (Fsp3) is 0.552. The highest BCUT2D eigenvalue weighted by Gasteiger charge is 2.37. The molecule has 6 aromatic carbocycles. The van der Waals surface area contributed by atoms with Gasteiger partial charge in [0, 0.05) is 117 Å². The lowest BCUT2D eigenvalue weighted by atomic mass is 10.00. The van der Waals surface area contributed by atoms with E-state index in [2.05, 4.69) is 54.7 Å². The largest absolute Gasteiger partial charge is 0.491 e. The summed E-state index contributed by atoms with van der Waals surface area (Å²) in [6.45, 7) is 23.7. The zero-order valence-electron chi connectivity index (χ0n) is 66.0. The van der Waals surface area contributed by atoms with Crippen molar-refractivity contribution in [1.82, 2.24) is 40.0 Å². The molecule has 0 aromatic heterocycles. The highest BCUT2D eigenvalue weighted by atomic mass is 35.5. The number of carbonyl (C=O) groups excluding carboxylic acids is 2. The lowest BCUT2D eigenvalue weighted by molar-refractivity contribution is -0.141. The van der Waals surface area contributed by atoms with Gasteiger partial charge in [-0.3, -0.25) is 29.1 Å². The van der Waals surface area contributed by atoms with Gasteiger partial charge < -0.3 is 80.4 Å². The fourth-order valence-electron chi connectivity index (χ4n) is 16.3. The molecule has 22 nitrogen and oxygen atoms in total. The van der Waals surface area contributed by atoms with Crippen LogP contribution in [-0.4, -0.2) is 263 Å². The number of amides is 2. The van der Waals surface area contributed by atoms with Crippen LogP contribution >= 0.6 is 69.6 Å². The molecular weight excluding hydrogens is 1590 g/mol. The molecule has 0 radical (unpaired) electrons. The maximum Gasteiger partial charge on any atom is 0.308 e. The number of nitrogens with one attached hydrogen (secondary N) is 2. The number of aliphatic carboxylic acids is 1. The molecule has 9 heterocycles. The van der Waals surface area contributed by atoms with Gasteiger partial charge in [-0.25, -0.2) is 0 Å². The van der Waals surface area contributed by atoms with Gasteiger partial charge in [0.2, 0.25) is 11.8 Å². The van der Waals surface area contributed by atoms with Crippen molar-refractivity contribution < 1.29 is 49.0 Å². The van der Waals surface area contributed by atoms with Gasteiger partial charge in [-0.05, 0) is 281 Å². The Labute approximate surface area is 708 Å². The van der Waals surface area contributed by atoms with E-state index in [0.717, 1.165) is 185 Å². The van der Waals surface area contributed by atoms with E-state index in [1.165, 1.54) is 32.1 Å². The van der Waals surface area contributed by atoms with Gasteiger partial charge in [-0.15, -0.1) is 0 Å². The number of rotatable bonds is 32. The summed E-state index contributed by atoms with van der Waals surface area (Å²) in [5.74, 6) is 0.680. The van der Waals surface area contributed by atoms with Crippen LogP contribution in [0.25, 0.3) is 0 Å². The van der Waals surface area contributed by atoms with Crippen LogP contribution in [0.2, 0.25) is 30.1 Å². The average Bonchev–Trinajstić information content (AvgIpc) is 1.64. The number of halogens is 6. The Kier molecular flexibility index (Phi) is 33.9. The first kappa shape index (κ1) is 88.2. The summed E-state index contributed by atoms with van der Waals surface area (Å²) < 4.78 is 17.5. The maximum atomic E-state index is 13.4. The van der Waals surface area contributed by atoms with Crippen molar-refractivity contribution in [2.24, 2.45) is 23.5 Å². The molecule has 626 valence electrons. The highest BCUT2D eigenvalue weighted by Crippen LogP contribution is 2.36. The number of aliphatic hydroxyl groups is 3. The molecule has 2 amide bonds. The molecule has 0 spiro atoms. The number of ether oxygens (including phenoxy) is 3. The molecule has 9 fully saturated rings. The SMILES string of the molecule is N[C@H](CN1CCCC1)C(O)c1ccc(OCCN2CCC2)c(Cl)c1.O=C(N[C@H](CN1CCCC1)[C@H](O)c1ccc(OCCN2CCC2)c(Cl)c1)[C@@H]1CCN(c2ccc(Cl)cc2)C1.O=C(N[C@H](CN1CCCC1)[C@H](O)c1ccc(OCCN2CCC2)c(Cl)c1)[C@H]1CCN(c2ccc(Cl)cc2)C1.O=C(O)[C@@H]1CCN(c2ccc(Cl)cc2)C1. The van der Waals surface area contributed by atoms with E-state index >= 15 is 0 Å². The average molecular weight is 1700 g/mol. The number of nitrogens with two attached hydrogens (primary N) is 1. The third kappa shape index (κ3) is 26.2. The van der Waals surface area contributed by atoms with E-state index in [1.54, 1.807) is 18.2 Å². The van der Waals surface area contributed by atoms with Gasteiger partial charge in [-0.1, -0.05) is 87.8 Å². The first-order valence-corrected chi connectivity index (χ1v) is 43.7. The third-order valence-corrected chi connectivity index (χ3v) is 25.4. The van der Waals surface area contributed by atoms with Gasteiger partial charge in [-0.2, -0.15) is 0 Å². The molecule has 0 aliphatic carbocycles. The van der Waals surface area contributed by atoms with Gasteiger partial charge in [0.25, 0.3) is 0 Å². The Balaban J connectivity index is 0.000000149. The summed E-state index contributed by atoms with van der Waals surface area (Å²) in [6, 6.07) is 38.2. The lowest BCUT2D eigenvalue weighted by Crippen LogP contribution is -2.48. The summed E-state index contributed by atoms with van der Waals surface area (Å²) in [7, 11) is 0. The molecule has 9 saturated heterocycles. The lowest BCUT2D eigenvalue weighted by Gasteiger charge is -2.30. The van der Waals surface area contributed by atoms with Crippen LogP contribution in [0.15, 0.2) is 127 Å². The zero-order chi connectivity index (χ0) is 80.7. The molecule has 9 atom stereocenters. The minimum Gasteiger partial charge on any atom is -0.491 e. The Hall–Kier alpha value is -6.13. The van der Waals surface area contributed by atoms with Crippen LogP contribution in [0.4, 0.5) is 17.1 Å². The predicted octanol–water partition coefficient (Wildman–Crippen LogP) is 12.6. The molecule has 8 N–H and O–H groups in total. The number of benzene rings is 6. The molecule has 9 aliphatic rings. The number of hydrogen-bond donors (Lipinski definition) is 7. The molecule has 9 aliphatic heterocycles. The first-order valence-electron chi connectivity index (χ1n) is 41.5. The van der Waals surface area contributed by atoms with Crippen molar-refractivity contribution in [2.75, 3.05) is 192 Å². The van der Waals surface area contributed by atoms with Crippen LogP contribution in [0.1, 0.15) is 112 Å². The highest BCUT2D eigenvalue weighted by molar-refractivity contribution is 6.33. The molecule has 0 bridgehead atoms. The minimum absolute atomic E-state index is 0.0123. The summed E-state index contributed by atoms with van der Waals surface area (Å²) in [5, 5.41) is 52.2. The van der Waals surface area contributed by atoms with Gasteiger partial charge in [0.05, 0.1) is 51.0 Å². The van der Waals surface area contributed by atoms with Gasteiger partial charge >= 0.3 is 5.97 Å². The van der Waals surface area contributed by atoms with Crippen molar-refractivity contribution >= 4 is 104 Å². The molecule has 1 unspecified atom stereocenters. The molecule has 28 heteroatoms. The number of anilines is 3. The second-order valence-corrected chi connectivity index (χ2v) is 34.5. The zero-order valence-corrected chi connectivity index (χ0v) is 70.5. The summed E-state index contributed by atoms with van der Waals surface area (Å²) in [6.07, 6.45) is 10.6. The van der Waals surface area contributed by atoms with Gasteiger partial charge in [0.15, 0.2) is 0 Å². The molecular formula is C87H116Cl6N12O10. The summed E-state index contributed by atoms with van der Waals surface area (Å²) in [4.78, 5) is 58.0. The summed E-state index contributed by atoms with van der Waals surface area (Å²) >= 11 is 37.3. The Bertz CT molecular complexity index is 3850.